The SMILES string of the molecule is CC(=O)OCC1=CC[C@@H](N)[C@@H](COC(C)=O)[C@H]1COC(C)=O. The fraction of sp³-hybridized carbons (Fsp3) is 0.667. The Balaban J connectivity index is 2.85. The lowest BCUT2D eigenvalue weighted by Crippen LogP contribution is -2.44. The van der Waals surface area contributed by atoms with Crippen molar-refractivity contribution in [1.82, 2.24) is 0 Å². The molecule has 1 aliphatic carbocycles. The minimum atomic E-state index is -0.405. The van der Waals surface area contributed by atoms with Crippen LogP contribution in [0.3, 0.4) is 0 Å². The van der Waals surface area contributed by atoms with E-state index < -0.39 is 17.9 Å². The average molecular weight is 313 g/mol. The molecule has 0 radical (unpaired) electrons. The summed E-state index contributed by atoms with van der Waals surface area (Å²) in [4.78, 5) is 33.1. The van der Waals surface area contributed by atoms with Crippen LogP contribution in [0.15, 0.2) is 11.6 Å². The van der Waals surface area contributed by atoms with Crippen LogP contribution in [0.2, 0.25) is 0 Å². The summed E-state index contributed by atoms with van der Waals surface area (Å²) in [5.74, 6) is -1.63. The molecule has 0 heterocycles. The van der Waals surface area contributed by atoms with Crippen molar-refractivity contribution in [1.29, 1.82) is 0 Å². The van der Waals surface area contributed by atoms with Crippen LogP contribution in [-0.2, 0) is 28.6 Å². The highest BCUT2D eigenvalue weighted by molar-refractivity contribution is 5.66. The zero-order valence-electron chi connectivity index (χ0n) is 13.2. The zero-order chi connectivity index (χ0) is 16.7. The molecule has 1 rings (SSSR count). The van der Waals surface area contributed by atoms with Crippen molar-refractivity contribution in [2.75, 3.05) is 19.8 Å². The summed E-state index contributed by atoms with van der Waals surface area (Å²) >= 11 is 0. The topological polar surface area (TPSA) is 105 Å². The molecule has 0 aliphatic heterocycles. The third-order valence-corrected chi connectivity index (χ3v) is 3.58. The summed E-state index contributed by atoms with van der Waals surface area (Å²) in [5.41, 5.74) is 6.93. The van der Waals surface area contributed by atoms with Crippen molar-refractivity contribution >= 4 is 17.9 Å². The molecule has 3 atom stereocenters. The summed E-state index contributed by atoms with van der Waals surface area (Å²) in [6.07, 6.45) is 2.48. The average Bonchev–Trinajstić information content (AvgIpc) is 2.42. The van der Waals surface area contributed by atoms with Crippen LogP contribution >= 0.6 is 0 Å². The Morgan fingerprint density at radius 3 is 2.14 bits per heavy atom. The van der Waals surface area contributed by atoms with Gasteiger partial charge in [-0.3, -0.25) is 14.4 Å². The van der Waals surface area contributed by atoms with Crippen LogP contribution in [0, 0.1) is 11.8 Å². The van der Waals surface area contributed by atoms with Crippen LogP contribution in [0.25, 0.3) is 0 Å². The first-order chi connectivity index (χ1) is 10.3. The van der Waals surface area contributed by atoms with Gasteiger partial charge in [0.15, 0.2) is 0 Å². The van der Waals surface area contributed by atoms with Crippen molar-refractivity contribution in [3.63, 3.8) is 0 Å². The van der Waals surface area contributed by atoms with E-state index in [1.165, 1.54) is 20.8 Å². The van der Waals surface area contributed by atoms with Crippen LogP contribution in [0.5, 0.6) is 0 Å². The molecule has 0 aromatic carbocycles. The normalized spacial score (nSPS) is 24.2. The molecule has 7 nitrogen and oxygen atoms in total. The van der Waals surface area contributed by atoms with Crippen molar-refractivity contribution in [3.8, 4) is 0 Å². The molecule has 7 heteroatoms. The Morgan fingerprint density at radius 1 is 1.05 bits per heavy atom. The van der Waals surface area contributed by atoms with Crippen LogP contribution in [-0.4, -0.2) is 43.8 Å². The number of ether oxygens (including phenoxy) is 3. The van der Waals surface area contributed by atoms with Crippen molar-refractivity contribution in [3.05, 3.63) is 11.6 Å². The molecule has 0 saturated heterocycles. The van der Waals surface area contributed by atoms with E-state index in [1.54, 1.807) is 0 Å². The molecule has 0 bridgehead atoms. The van der Waals surface area contributed by atoms with Gasteiger partial charge < -0.3 is 19.9 Å². The van der Waals surface area contributed by atoms with E-state index in [0.29, 0.717) is 6.42 Å². The maximum atomic E-state index is 11.1. The lowest BCUT2D eigenvalue weighted by molar-refractivity contribution is -0.147. The maximum Gasteiger partial charge on any atom is 0.302 e. The minimum absolute atomic E-state index is 0.113. The van der Waals surface area contributed by atoms with Gasteiger partial charge in [-0.25, -0.2) is 0 Å². The molecule has 0 aromatic heterocycles. The lowest BCUT2D eigenvalue weighted by Gasteiger charge is -2.35. The summed E-state index contributed by atoms with van der Waals surface area (Å²) in [7, 11) is 0. The summed E-state index contributed by atoms with van der Waals surface area (Å²) in [5, 5.41) is 0. The fourth-order valence-corrected chi connectivity index (χ4v) is 2.43. The van der Waals surface area contributed by atoms with Gasteiger partial charge in [-0.2, -0.15) is 0 Å². The van der Waals surface area contributed by atoms with Gasteiger partial charge in [-0.05, 0) is 12.0 Å². The van der Waals surface area contributed by atoms with E-state index in [0.717, 1.165) is 5.57 Å². The minimum Gasteiger partial charge on any atom is -0.465 e. The third kappa shape index (κ3) is 5.85. The Hall–Kier alpha value is -1.89. The van der Waals surface area contributed by atoms with Gasteiger partial charge in [0.2, 0.25) is 0 Å². The zero-order valence-corrected chi connectivity index (χ0v) is 13.2. The second-order valence-corrected chi connectivity index (χ2v) is 5.33. The number of carbonyl (C=O) groups is 3. The Bertz CT molecular complexity index is 459. The molecule has 0 aromatic rings. The highest BCUT2D eigenvalue weighted by atomic mass is 16.5. The lowest BCUT2D eigenvalue weighted by atomic mass is 9.76. The molecule has 22 heavy (non-hydrogen) atoms. The van der Waals surface area contributed by atoms with E-state index in [2.05, 4.69) is 0 Å². The van der Waals surface area contributed by atoms with Gasteiger partial charge in [0.1, 0.15) is 6.61 Å². The third-order valence-electron chi connectivity index (χ3n) is 3.58. The van der Waals surface area contributed by atoms with Crippen LogP contribution in [0.1, 0.15) is 27.2 Å². The van der Waals surface area contributed by atoms with E-state index >= 15 is 0 Å². The predicted octanol–water partition coefficient (Wildman–Crippen LogP) is 0.565. The second-order valence-electron chi connectivity index (χ2n) is 5.33. The number of hydrogen-bond donors (Lipinski definition) is 1. The molecule has 2 N–H and O–H groups in total. The quantitative estimate of drug-likeness (QED) is 0.434. The van der Waals surface area contributed by atoms with E-state index in [-0.39, 0.29) is 37.7 Å². The molecule has 0 saturated carbocycles. The van der Waals surface area contributed by atoms with Gasteiger partial charge in [0.05, 0.1) is 13.2 Å². The maximum absolute atomic E-state index is 11.1. The first kappa shape index (κ1) is 18.2. The molecule has 124 valence electrons. The number of esters is 3. The number of carbonyl (C=O) groups excluding carboxylic acids is 3. The second kappa shape index (κ2) is 8.53. The monoisotopic (exact) mass is 313 g/mol. The van der Waals surface area contributed by atoms with Crippen molar-refractivity contribution < 1.29 is 28.6 Å². The van der Waals surface area contributed by atoms with Gasteiger partial charge in [-0.15, -0.1) is 0 Å². The summed E-state index contributed by atoms with van der Waals surface area (Å²) in [6.45, 7) is 4.34. The van der Waals surface area contributed by atoms with Crippen LogP contribution in [0.4, 0.5) is 0 Å². The van der Waals surface area contributed by atoms with Crippen molar-refractivity contribution in [2.24, 2.45) is 17.6 Å². The Morgan fingerprint density at radius 2 is 1.59 bits per heavy atom. The molecule has 0 fully saturated rings. The summed E-state index contributed by atoms with van der Waals surface area (Å²) < 4.78 is 15.2. The molecular weight excluding hydrogens is 290 g/mol. The fourth-order valence-electron chi connectivity index (χ4n) is 2.43. The highest BCUT2D eigenvalue weighted by Gasteiger charge is 2.35. The number of rotatable bonds is 6. The predicted molar refractivity (Wildman–Crippen MR) is 77.6 cm³/mol. The van der Waals surface area contributed by atoms with E-state index in [9.17, 15) is 14.4 Å². The van der Waals surface area contributed by atoms with E-state index in [1.807, 2.05) is 6.08 Å². The van der Waals surface area contributed by atoms with Gasteiger partial charge in [0, 0.05) is 38.6 Å². The molecule has 0 unspecified atom stereocenters. The van der Waals surface area contributed by atoms with Gasteiger partial charge in [-0.1, -0.05) is 6.08 Å². The smallest absolute Gasteiger partial charge is 0.302 e. The number of hydrogen-bond acceptors (Lipinski definition) is 7. The Kier molecular flexibility index (Phi) is 7.04. The first-order valence-electron chi connectivity index (χ1n) is 7.15. The van der Waals surface area contributed by atoms with Crippen molar-refractivity contribution in [2.45, 2.75) is 33.2 Å². The van der Waals surface area contributed by atoms with E-state index in [4.69, 9.17) is 19.9 Å². The molecular formula is C15H23NO6. The first-order valence-corrected chi connectivity index (χ1v) is 7.15. The highest BCUT2D eigenvalue weighted by Crippen LogP contribution is 2.31. The standard InChI is InChI=1S/C15H23NO6/c1-9(17)20-6-12-4-5-15(16)14(8-22-11(3)19)13(12)7-21-10(2)18/h4,13-15H,5-8,16H2,1-3H3/t13-,14-,15+/m0/s1. The number of nitrogens with two attached hydrogens (primary N) is 1. The molecule has 0 spiro atoms. The molecule has 0 amide bonds. The van der Waals surface area contributed by atoms with Gasteiger partial charge in [0.25, 0.3) is 0 Å². The van der Waals surface area contributed by atoms with Crippen LogP contribution < -0.4 is 5.73 Å². The van der Waals surface area contributed by atoms with Gasteiger partial charge >= 0.3 is 17.9 Å². The molecule has 1 aliphatic rings. The summed E-state index contributed by atoms with van der Waals surface area (Å²) in [6, 6.07) is -0.221. The Labute approximate surface area is 129 Å². The largest absolute Gasteiger partial charge is 0.465 e.